The molecule has 2 aromatic rings. The van der Waals surface area contributed by atoms with Crippen LogP contribution in [0.4, 0.5) is 5.88 Å². The van der Waals surface area contributed by atoms with Crippen LogP contribution in [0, 0.1) is 0 Å². The van der Waals surface area contributed by atoms with Crippen molar-refractivity contribution in [1.29, 1.82) is 0 Å². The molecule has 0 atom stereocenters. The zero-order valence-electron chi connectivity index (χ0n) is 9.43. The fourth-order valence-electron chi connectivity index (χ4n) is 1.50. The van der Waals surface area contributed by atoms with Gasteiger partial charge in [0.15, 0.2) is 11.5 Å². The minimum Gasteiger partial charge on any atom is -0.504 e. The molecule has 1 aromatic carbocycles. The van der Waals surface area contributed by atoms with Gasteiger partial charge < -0.3 is 24.8 Å². The fourth-order valence-corrected chi connectivity index (χ4v) is 1.50. The summed E-state index contributed by atoms with van der Waals surface area (Å²) in [5.74, 6) is 1.01. The average molecular weight is 236 g/mol. The molecule has 0 aliphatic heterocycles. The number of ether oxygens (including phenoxy) is 2. The maximum Gasteiger partial charge on any atom is 0.222 e. The van der Waals surface area contributed by atoms with Gasteiger partial charge in [-0.1, -0.05) is 5.16 Å². The van der Waals surface area contributed by atoms with Gasteiger partial charge in [0, 0.05) is 17.7 Å². The number of phenolic OH excluding ortho intramolecular Hbond substituents is 1. The summed E-state index contributed by atoms with van der Waals surface area (Å²) in [4.78, 5) is 0. The Morgan fingerprint density at radius 1 is 1.18 bits per heavy atom. The first-order valence-corrected chi connectivity index (χ1v) is 4.83. The highest BCUT2D eigenvalue weighted by Crippen LogP contribution is 2.39. The number of hydrogen-bond donors (Lipinski definition) is 2. The van der Waals surface area contributed by atoms with E-state index in [0.29, 0.717) is 22.8 Å². The van der Waals surface area contributed by atoms with Gasteiger partial charge >= 0.3 is 0 Å². The van der Waals surface area contributed by atoms with E-state index in [-0.39, 0.29) is 11.6 Å². The van der Waals surface area contributed by atoms with Crippen molar-refractivity contribution in [2.45, 2.75) is 0 Å². The molecule has 0 spiro atoms. The lowest BCUT2D eigenvalue weighted by atomic mass is 10.1. The van der Waals surface area contributed by atoms with Gasteiger partial charge in [-0.15, -0.1) is 0 Å². The zero-order valence-corrected chi connectivity index (χ0v) is 9.43. The molecular weight excluding hydrogens is 224 g/mol. The molecule has 17 heavy (non-hydrogen) atoms. The minimum absolute atomic E-state index is 0.00938. The lowest BCUT2D eigenvalue weighted by Gasteiger charge is -2.09. The number of nitrogens with zero attached hydrogens (tertiary/aromatic N) is 1. The van der Waals surface area contributed by atoms with Gasteiger partial charge in [-0.05, 0) is 6.07 Å². The van der Waals surface area contributed by atoms with Crippen molar-refractivity contribution in [1.82, 2.24) is 5.16 Å². The van der Waals surface area contributed by atoms with Crippen LogP contribution < -0.4 is 15.2 Å². The van der Waals surface area contributed by atoms with Crippen LogP contribution in [-0.2, 0) is 0 Å². The standard InChI is InChI=1S/C11H12N2O4/c1-15-9-5-10(16-2)8(14)3-6(9)7-4-11(12)17-13-7/h3-5,14H,12H2,1-2H3. The monoisotopic (exact) mass is 236 g/mol. The number of nitrogens with two attached hydrogens (primary N) is 1. The Balaban J connectivity index is 2.57. The Morgan fingerprint density at radius 2 is 1.88 bits per heavy atom. The normalized spacial score (nSPS) is 10.2. The predicted octanol–water partition coefficient (Wildman–Crippen LogP) is 1.65. The third-order valence-electron chi connectivity index (χ3n) is 2.31. The van der Waals surface area contributed by atoms with Gasteiger partial charge in [0.05, 0.1) is 14.2 Å². The van der Waals surface area contributed by atoms with Crippen molar-refractivity contribution in [3.05, 3.63) is 18.2 Å². The molecule has 0 fully saturated rings. The number of aromatic hydroxyl groups is 1. The fraction of sp³-hybridized carbons (Fsp3) is 0.182. The highest BCUT2D eigenvalue weighted by molar-refractivity contribution is 5.72. The number of rotatable bonds is 3. The molecule has 6 heteroatoms. The molecule has 0 aliphatic rings. The van der Waals surface area contributed by atoms with E-state index in [0.717, 1.165) is 0 Å². The summed E-state index contributed by atoms with van der Waals surface area (Å²) in [6.45, 7) is 0. The molecule has 1 aromatic heterocycles. The third kappa shape index (κ3) is 1.96. The highest BCUT2D eigenvalue weighted by Gasteiger charge is 2.15. The van der Waals surface area contributed by atoms with Gasteiger partial charge in [-0.3, -0.25) is 0 Å². The van der Waals surface area contributed by atoms with E-state index < -0.39 is 0 Å². The van der Waals surface area contributed by atoms with Crippen LogP contribution in [0.2, 0.25) is 0 Å². The number of hydrogen-bond acceptors (Lipinski definition) is 6. The van der Waals surface area contributed by atoms with Gasteiger partial charge in [-0.25, -0.2) is 0 Å². The second-order valence-electron chi connectivity index (χ2n) is 3.34. The Bertz CT molecular complexity index is 536. The summed E-state index contributed by atoms with van der Waals surface area (Å²) in [6.07, 6.45) is 0. The maximum absolute atomic E-state index is 9.71. The van der Waals surface area contributed by atoms with Crippen molar-refractivity contribution < 1.29 is 19.1 Å². The van der Waals surface area contributed by atoms with Crippen LogP contribution >= 0.6 is 0 Å². The number of benzene rings is 1. The molecule has 3 N–H and O–H groups in total. The van der Waals surface area contributed by atoms with E-state index in [1.807, 2.05) is 0 Å². The predicted molar refractivity (Wildman–Crippen MR) is 61.1 cm³/mol. The van der Waals surface area contributed by atoms with E-state index in [1.54, 1.807) is 12.1 Å². The lowest BCUT2D eigenvalue weighted by molar-refractivity contribution is 0.364. The van der Waals surface area contributed by atoms with Gasteiger partial charge in [-0.2, -0.15) is 0 Å². The molecule has 0 radical (unpaired) electrons. The summed E-state index contributed by atoms with van der Waals surface area (Å²) in [6, 6.07) is 4.59. The van der Waals surface area contributed by atoms with E-state index in [9.17, 15) is 5.11 Å². The van der Waals surface area contributed by atoms with Crippen LogP contribution in [0.5, 0.6) is 17.2 Å². The minimum atomic E-state index is -0.00938. The molecule has 90 valence electrons. The molecule has 0 saturated heterocycles. The van der Waals surface area contributed by atoms with E-state index in [2.05, 4.69) is 5.16 Å². The summed E-state index contributed by atoms with van der Waals surface area (Å²) >= 11 is 0. The number of aromatic nitrogens is 1. The molecule has 0 amide bonds. The second kappa shape index (κ2) is 4.25. The average Bonchev–Trinajstić information content (AvgIpc) is 2.75. The number of methoxy groups -OCH3 is 2. The largest absolute Gasteiger partial charge is 0.504 e. The van der Waals surface area contributed by atoms with Crippen molar-refractivity contribution in [3.63, 3.8) is 0 Å². The smallest absolute Gasteiger partial charge is 0.222 e. The number of phenols is 1. The SMILES string of the molecule is COc1cc(OC)c(-c2cc(N)on2)cc1O. The van der Waals surface area contributed by atoms with Crippen LogP contribution in [0.25, 0.3) is 11.3 Å². The third-order valence-corrected chi connectivity index (χ3v) is 2.31. The summed E-state index contributed by atoms with van der Waals surface area (Å²) in [7, 11) is 2.97. The zero-order chi connectivity index (χ0) is 12.4. The van der Waals surface area contributed by atoms with E-state index >= 15 is 0 Å². The molecule has 6 nitrogen and oxygen atoms in total. The van der Waals surface area contributed by atoms with Gasteiger partial charge in [0.25, 0.3) is 0 Å². The topological polar surface area (TPSA) is 90.7 Å². The first kappa shape index (κ1) is 11.1. The first-order valence-electron chi connectivity index (χ1n) is 4.83. The summed E-state index contributed by atoms with van der Waals surface area (Å²) in [5, 5.41) is 13.5. The molecule has 0 saturated carbocycles. The van der Waals surface area contributed by atoms with Crippen molar-refractivity contribution in [3.8, 4) is 28.5 Å². The first-order chi connectivity index (χ1) is 8.15. The number of nitrogen functional groups attached to an aromatic ring is 1. The molecule has 0 bridgehead atoms. The molecule has 0 unspecified atom stereocenters. The van der Waals surface area contributed by atoms with Crippen LogP contribution in [-0.4, -0.2) is 24.5 Å². The lowest BCUT2D eigenvalue weighted by Crippen LogP contribution is -1.91. The second-order valence-corrected chi connectivity index (χ2v) is 3.34. The Kier molecular flexibility index (Phi) is 2.78. The van der Waals surface area contributed by atoms with Crippen LogP contribution in [0.15, 0.2) is 22.7 Å². The Morgan fingerprint density at radius 3 is 2.41 bits per heavy atom. The highest BCUT2D eigenvalue weighted by atomic mass is 16.5. The Labute approximate surface area is 97.5 Å². The molecule has 0 aliphatic carbocycles. The van der Waals surface area contributed by atoms with Gasteiger partial charge in [0.2, 0.25) is 5.88 Å². The quantitative estimate of drug-likeness (QED) is 0.841. The molecule has 2 rings (SSSR count). The van der Waals surface area contributed by atoms with Crippen molar-refractivity contribution >= 4 is 5.88 Å². The van der Waals surface area contributed by atoms with Crippen LogP contribution in [0.1, 0.15) is 0 Å². The molecular formula is C11H12N2O4. The molecule has 1 heterocycles. The van der Waals surface area contributed by atoms with E-state index in [4.69, 9.17) is 19.7 Å². The number of anilines is 1. The van der Waals surface area contributed by atoms with Crippen molar-refractivity contribution in [2.75, 3.05) is 20.0 Å². The van der Waals surface area contributed by atoms with Crippen molar-refractivity contribution in [2.24, 2.45) is 0 Å². The van der Waals surface area contributed by atoms with Crippen LogP contribution in [0.3, 0.4) is 0 Å². The maximum atomic E-state index is 9.71. The van der Waals surface area contributed by atoms with E-state index in [1.165, 1.54) is 20.3 Å². The summed E-state index contributed by atoms with van der Waals surface area (Å²) < 4.78 is 15.0. The van der Waals surface area contributed by atoms with Gasteiger partial charge in [0.1, 0.15) is 11.4 Å². The summed E-state index contributed by atoms with van der Waals surface area (Å²) in [5.41, 5.74) is 6.50. The Hall–Kier alpha value is -2.37.